The van der Waals surface area contributed by atoms with Gasteiger partial charge in [-0.2, -0.15) is 0 Å². The Hall–Kier alpha value is -1.42. The number of amides is 2. The van der Waals surface area contributed by atoms with Gasteiger partial charge in [0.05, 0.1) is 24.1 Å². The van der Waals surface area contributed by atoms with Gasteiger partial charge in [-0.1, -0.05) is 24.1 Å². The summed E-state index contributed by atoms with van der Waals surface area (Å²) in [4.78, 5) is 29.7. The number of hydrogen-bond acceptors (Lipinski definition) is 3. The van der Waals surface area contributed by atoms with E-state index in [9.17, 15) is 9.59 Å². The van der Waals surface area contributed by atoms with Crippen LogP contribution in [0.3, 0.4) is 0 Å². The standard InChI is InChI=1S/C13H13ClN2O2/c14-11-6-1-3-8(15-11)7-16-12(17)9-4-2-5-10(9)13(16)18/h1,3,6,9-10H,2,4-5,7H2. The van der Waals surface area contributed by atoms with Gasteiger partial charge in [0.25, 0.3) is 0 Å². The van der Waals surface area contributed by atoms with Crippen LogP contribution in [0.5, 0.6) is 0 Å². The highest BCUT2D eigenvalue weighted by Crippen LogP contribution is 2.40. The van der Waals surface area contributed by atoms with Gasteiger partial charge >= 0.3 is 0 Å². The molecule has 94 valence electrons. The minimum atomic E-state index is -0.0864. The molecule has 1 aromatic heterocycles. The number of fused-ring (bicyclic) bond motifs is 1. The number of imide groups is 1. The van der Waals surface area contributed by atoms with Crippen molar-refractivity contribution in [3.05, 3.63) is 29.0 Å². The first kappa shape index (κ1) is 11.7. The maximum atomic E-state index is 12.1. The first-order valence-corrected chi connectivity index (χ1v) is 6.51. The summed E-state index contributed by atoms with van der Waals surface area (Å²) in [5, 5.41) is 0.381. The number of pyridine rings is 1. The minimum absolute atomic E-state index is 0.0377. The fraction of sp³-hybridized carbons (Fsp3) is 0.462. The van der Waals surface area contributed by atoms with E-state index < -0.39 is 0 Å². The first-order valence-electron chi connectivity index (χ1n) is 6.13. The largest absolute Gasteiger partial charge is 0.276 e. The van der Waals surface area contributed by atoms with E-state index in [1.165, 1.54) is 4.90 Å². The van der Waals surface area contributed by atoms with Gasteiger partial charge in [0.2, 0.25) is 11.8 Å². The average Bonchev–Trinajstić information content (AvgIpc) is 2.90. The lowest BCUT2D eigenvalue weighted by Gasteiger charge is -2.15. The minimum Gasteiger partial charge on any atom is -0.276 e. The number of halogens is 1. The quantitative estimate of drug-likeness (QED) is 0.607. The molecule has 18 heavy (non-hydrogen) atoms. The van der Waals surface area contributed by atoms with Gasteiger partial charge in [-0.15, -0.1) is 0 Å². The molecule has 2 amide bonds. The highest BCUT2D eigenvalue weighted by Gasteiger charge is 2.49. The molecule has 3 rings (SSSR count). The summed E-state index contributed by atoms with van der Waals surface area (Å²) >= 11 is 5.80. The SMILES string of the molecule is O=C1C2CCCC2C(=O)N1Cc1cccc(Cl)n1. The summed E-state index contributed by atoms with van der Waals surface area (Å²) in [6.07, 6.45) is 2.67. The molecular weight excluding hydrogens is 252 g/mol. The van der Waals surface area contributed by atoms with Gasteiger partial charge in [0.15, 0.2) is 0 Å². The zero-order valence-electron chi connectivity index (χ0n) is 9.80. The maximum Gasteiger partial charge on any atom is 0.233 e. The number of aromatic nitrogens is 1. The van der Waals surface area contributed by atoms with E-state index in [1.807, 2.05) is 0 Å². The molecule has 1 aliphatic heterocycles. The third-order valence-electron chi connectivity index (χ3n) is 3.78. The molecule has 2 unspecified atom stereocenters. The molecule has 2 atom stereocenters. The lowest BCUT2D eigenvalue weighted by atomic mass is 10.00. The fourth-order valence-corrected chi connectivity index (χ4v) is 3.10. The van der Waals surface area contributed by atoms with Crippen molar-refractivity contribution in [2.75, 3.05) is 0 Å². The summed E-state index contributed by atoms with van der Waals surface area (Å²) in [6, 6.07) is 5.23. The van der Waals surface area contributed by atoms with Crippen molar-refractivity contribution in [3.63, 3.8) is 0 Å². The Balaban J connectivity index is 1.81. The van der Waals surface area contributed by atoms with E-state index in [1.54, 1.807) is 18.2 Å². The van der Waals surface area contributed by atoms with Crippen LogP contribution in [-0.4, -0.2) is 21.7 Å². The molecule has 4 nitrogen and oxygen atoms in total. The van der Waals surface area contributed by atoms with Crippen molar-refractivity contribution in [1.82, 2.24) is 9.88 Å². The summed E-state index contributed by atoms with van der Waals surface area (Å²) in [6.45, 7) is 0.241. The van der Waals surface area contributed by atoms with Gasteiger partial charge in [0, 0.05) is 0 Å². The lowest BCUT2D eigenvalue weighted by Crippen LogP contribution is -2.31. The van der Waals surface area contributed by atoms with Gasteiger partial charge < -0.3 is 0 Å². The number of carbonyl (C=O) groups excluding carboxylic acids is 2. The van der Waals surface area contributed by atoms with Crippen LogP contribution in [0.2, 0.25) is 5.15 Å². The van der Waals surface area contributed by atoms with Gasteiger partial charge in [0.1, 0.15) is 5.15 Å². The predicted molar refractivity (Wildman–Crippen MR) is 65.6 cm³/mol. The molecule has 1 saturated heterocycles. The molecule has 0 N–H and O–H groups in total. The van der Waals surface area contributed by atoms with Crippen LogP contribution in [-0.2, 0) is 16.1 Å². The summed E-state index contributed by atoms with van der Waals surface area (Å²) in [5.41, 5.74) is 0.657. The Labute approximate surface area is 110 Å². The molecule has 0 bridgehead atoms. The summed E-state index contributed by atoms with van der Waals surface area (Å²) < 4.78 is 0. The molecular formula is C13H13ClN2O2. The number of nitrogens with zero attached hydrogens (tertiary/aromatic N) is 2. The van der Waals surface area contributed by atoms with Gasteiger partial charge in [-0.3, -0.25) is 14.5 Å². The van der Waals surface area contributed by atoms with E-state index >= 15 is 0 Å². The van der Waals surface area contributed by atoms with Crippen LogP contribution in [0.4, 0.5) is 0 Å². The normalized spacial score (nSPS) is 26.8. The van der Waals surface area contributed by atoms with Crippen LogP contribution < -0.4 is 0 Å². The van der Waals surface area contributed by atoms with Crippen molar-refractivity contribution >= 4 is 23.4 Å². The van der Waals surface area contributed by atoms with Crippen LogP contribution in [0, 0.1) is 11.8 Å². The highest BCUT2D eigenvalue weighted by molar-refractivity contribution is 6.29. The van der Waals surface area contributed by atoms with E-state index in [2.05, 4.69) is 4.98 Å². The smallest absolute Gasteiger partial charge is 0.233 e. The van der Waals surface area contributed by atoms with Crippen molar-refractivity contribution < 1.29 is 9.59 Å². The molecule has 2 fully saturated rings. The molecule has 2 aliphatic rings. The number of likely N-dealkylation sites (tertiary alicyclic amines) is 1. The Morgan fingerprint density at radius 3 is 2.50 bits per heavy atom. The Kier molecular flexibility index (Phi) is 2.82. The topological polar surface area (TPSA) is 50.3 Å². The van der Waals surface area contributed by atoms with Crippen LogP contribution in [0.1, 0.15) is 25.0 Å². The monoisotopic (exact) mass is 264 g/mol. The Morgan fingerprint density at radius 1 is 1.22 bits per heavy atom. The fourth-order valence-electron chi connectivity index (χ4n) is 2.92. The lowest BCUT2D eigenvalue weighted by molar-refractivity contribution is -0.141. The van der Waals surface area contributed by atoms with Gasteiger partial charge in [-0.25, -0.2) is 4.98 Å². The average molecular weight is 265 g/mol. The number of carbonyl (C=O) groups is 2. The van der Waals surface area contributed by atoms with Crippen LogP contribution >= 0.6 is 11.6 Å². The molecule has 1 aromatic rings. The van der Waals surface area contributed by atoms with E-state index in [4.69, 9.17) is 11.6 Å². The van der Waals surface area contributed by atoms with Crippen molar-refractivity contribution in [3.8, 4) is 0 Å². The Morgan fingerprint density at radius 2 is 1.89 bits per heavy atom. The Bertz CT molecular complexity index is 495. The molecule has 1 saturated carbocycles. The van der Waals surface area contributed by atoms with Crippen molar-refractivity contribution in [2.45, 2.75) is 25.8 Å². The molecule has 2 heterocycles. The predicted octanol–water partition coefficient (Wildman–Crippen LogP) is 2.02. The highest BCUT2D eigenvalue weighted by atomic mass is 35.5. The number of hydrogen-bond donors (Lipinski definition) is 0. The second-order valence-corrected chi connectivity index (χ2v) is 5.25. The first-order chi connectivity index (χ1) is 8.66. The summed E-state index contributed by atoms with van der Waals surface area (Å²) in [7, 11) is 0. The van der Waals surface area contributed by atoms with E-state index in [0.717, 1.165) is 19.3 Å². The summed E-state index contributed by atoms with van der Waals surface area (Å²) in [5.74, 6) is -0.248. The second kappa shape index (κ2) is 4.35. The molecule has 5 heteroatoms. The molecule has 0 radical (unpaired) electrons. The second-order valence-electron chi connectivity index (χ2n) is 4.86. The van der Waals surface area contributed by atoms with Crippen molar-refractivity contribution in [2.24, 2.45) is 11.8 Å². The van der Waals surface area contributed by atoms with Crippen LogP contribution in [0.25, 0.3) is 0 Å². The van der Waals surface area contributed by atoms with E-state index in [-0.39, 0.29) is 30.2 Å². The third kappa shape index (κ3) is 1.81. The number of rotatable bonds is 2. The van der Waals surface area contributed by atoms with Gasteiger partial charge in [-0.05, 0) is 25.0 Å². The zero-order chi connectivity index (χ0) is 12.7. The molecule has 0 aromatic carbocycles. The molecule has 1 aliphatic carbocycles. The van der Waals surface area contributed by atoms with Crippen molar-refractivity contribution in [1.29, 1.82) is 0 Å². The maximum absolute atomic E-state index is 12.1. The zero-order valence-corrected chi connectivity index (χ0v) is 10.6. The third-order valence-corrected chi connectivity index (χ3v) is 3.99. The van der Waals surface area contributed by atoms with Crippen LogP contribution in [0.15, 0.2) is 18.2 Å². The van der Waals surface area contributed by atoms with E-state index in [0.29, 0.717) is 10.8 Å². The molecule has 0 spiro atoms.